The summed E-state index contributed by atoms with van der Waals surface area (Å²) in [5.41, 5.74) is 0. The van der Waals surface area contributed by atoms with Crippen LogP contribution in [0, 0.1) is 5.92 Å². The van der Waals surface area contributed by atoms with Gasteiger partial charge in [0.25, 0.3) is 5.91 Å². The lowest BCUT2D eigenvalue weighted by molar-refractivity contribution is -0.150. The zero-order valence-corrected chi connectivity index (χ0v) is 10.9. The number of carboxylic acid groups (broad SMARTS) is 1. The minimum absolute atomic E-state index is 0.459. The Bertz CT molecular complexity index is 304. The van der Waals surface area contributed by atoms with Gasteiger partial charge in [0.1, 0.15) is 6.61 Å². The molecule has 0 aliphatic rings. The van der Waals surface area contributed by atoms with Crippen molar-refractivity contribution in [3.63, 3.8) is 0 Å². The molecule has 0 unspecified atom stereocenters. The highest BCUT2D eigenvalue weighted by atomic mass is 16.5. The molecule has 0 radical (unpaired) electrons. The molecule has 18 heavy (non-hydrogen) atoms. The highest BCUT2D eigenvalue weighted by Gasteiger charge is 2.14. The highest BCUT2D eigenvalue weighted by Crippen LogP contribution is 1.95. The second-order valence-electron chi connectivity index (χ2n) is 4.28. The van der Waals surface area contributed by atoms with Gasteiger partial charge in [-0.3, -0.25) is 10.1 Å². The summed E-state index contributed by atoms with van der Waals surface area (Å²) in [5.74, 6) is -1.38. The Morgan fingerprint density at radius 3 is 2.33 bits per heavy atom. The van der Waals surface area contributed by atoms with Crippen molar-refractivity contribution >= 4 is 17.9 Å². The summed E-state index contributed by atoms with van der Waals surface area (Å²) in [7, 11) is 0. The van der Waals surface area contributed by atoms with Gasteiger partial charge in [-0.15, -0.1) is 0 Å². The lowest BCUT2D eigenvalue weighted by Gasteiger charge is -2.10. The van der Waals surface area contributed by atoms with Gasteiger partial charge in [-0.2, -0.15) is 0 Å². The number of carbonyl (C=O) groups is 3. The molecule has 0 spiro atoms. The van der Waals surface area contributed by atoms with E-state index in [1.807, 2.05) is 19.2 Å². The van der Waals surface area contributed by atoms with Crippen molar-refractivity contribution in [3.8, 4) is 0 Å². The van der Waals surface area contributed by atoms with E-state index in [0.29, 0.717) is 12.5 Å². The molecule has 0 heterocycles. The second-order valence-corrected chi connectivity index (χ2v) is 4.28. The van der Waals surface area contributed by atoms with Crippen molar-refractivity contribution in [3.05, 3.63) is 0 Å². The number of carboxylic acids is 1. The van der Waals surface area contributed by atoms with E-state index < -0.39 is 30.6 Å². The first kappa shape index (κ1) is 16.4. The van der Waals surface area contributed by atoms with Crippen LogP contribution in [0.3, 0.4) is 0 Å². The van der Waals surface area contributed by atoms with Crippen molar-refractivity contribution in [2.75, 3.05) is 13.2 Å². The minimum atomic E-state index is -1.16. The number of urea groups is 1. The maximum atomic E-state index is 11.2. The molecular formula is C11H20N2O5. The maximum Gasteiger partial charge on any atom is 0.332 e. The highest BCUT2D eigenvalue weighted by molar-refractivity contribution is 5.94. The molecule has 0 aliphatic carbocycles. The first-order chi connectivity index (χ1) is 8.32. The van der Waals surface area contributed by atoms with Crippen LogP contribution in [0.5, 0.6) is 0 Å². The Morgan fingerprint density at radius 2 is 1.83 bits per heavy atom. The van der Waals surface area contributed by atoms with E-state index in [4.69, 9.17) is 9.84 Å². The summed E-state index contributed by atoms with van der Waals surface area (Å²) in [5, 5.41) is 13.1. The van der Waals surface area contributed by atoms with Crippen LogP contribution in [0.4, 0.5) is 4.79 Å². The third-order valence-electron chi connectivity index (χ3n) is 2.07. The van der Waals surface area contributed by atoms with Gasteiger partial charge >= 0.3 is 12.0 Å². The Kier molecular flexibility index (Phi) is 7.69. The lowest BCUT2D eigenvalue weighted by Crippen LogP contribution is -2.42. The van der Waals surface area contributed by atoms with Crippen molar-refractivity contribution in [1.82, 2.24) is 10.6 Å². The van der Waals surface area contributed by atoms with Gasteiger partial charge in [0.15, 0.2) is 6.10 Å². The average Bonchev–Trinajstić information content (AvgIpc) is 2.24. The normalized spacial score (nSPS) is 12.0. The average molecular weight is 260 g/mol. The van der Waals surface area contributed by atoms with E-state index in [1.165, 1.54) is 6.92 Å². The van der Waals surface area contributed by atoms with E-state index >= 15 is 0 Å². The van der Waals surface area contributed by atoms with Crippen LogP contribution in [0.2, 0.25) is 0 Å². The molecule has 104 valence electrons. The number of hydrogen-bond acceptors (Lipinski definition) is 4. The molecule has 0 aromatic carbocycles. The Hall–Kier alpha value is -1.63. The number of amides is 3. The van der Waals surface area contributed by atoms with E-state index in [1.54, 1.807) is 0 Å². The van der Waals surface area contributed by atoms with Gasteiger partial charge in [0, 0.05) is 6.54 Å². The summed E-state index contributed by atoms with van der Waals surface area (Å²) < 4.78 is 4.72. The van der Waals surface area contributed by atoms with Gasteiger partial charge < -0.3 is 15.2 Å². The second kappa shape index (κ2) is 8.46. The van der Waals surface area contributed by atoms with Crippen molar-refractivity contribution < 1.29 is 24.2 Å². The number of aliphatic carboxylic acids is 1. The summed E-state index contributed by atoms with van der Waals surface area (Å²) in [4.78, 5) is 32.8. The van der Waals surface area contributed by atoms with Crippen molar-refractivity contribution in [2.24, 2.45) is 5.92 Å². The predicted octanol–water partition coefficient (Wildman–Crippen LogP) is 0.348. The fourth-order valence-corrected chi connectivity index (χ4v) is 0.953. The number of hydrogen-bond donors (Lipinski definition) is 3. The smallest absolute Gasteiger partial charge is 0.332 e. The molecule has 3 N–H and O–H groups in total. The molecule has 0 saturated carbocycles. The molecule has 7 nitrogen and oxygen atoms in total. The van der Waals surface area contributed by atoms with Crippen molar-refractivity contribution in [2.45, 2.75) is 33.3 Å². The van der Waals surface area contributed by atoms with Gasteiger partial charge in [0.05, 0.1) is 0 Å². The number of nitrogens with one attached hydrogen (secondary N) is 2. The van der Waals surface area contributed by atoms with Gasteiger partial charge in [0.2, 0.25) is 0 Å². The molecule has 1 atom stereocenters. The van der Waals surface area contributed by atoms with Gasteiger partial charge in [-0.1, -0.05) is 13.8 Å². The minimum Gasteiger partial charge on any atom is -0.479 e. The van der Waals surface area contributed by atoms with E-state index in [0.717, 1.165) is 6.42 Å². The Labute approximate surface area is 106 Å². The van der Waals surface area contributed by atoms with E-state index in [2.05, 4.69) is 5.32 Å². The number of ether oxygens (including phenoxy) is 1. The SMILES string of the molecule is CC(C)CCNC(=O)NC(=O)CO[C@@H](C)C(=O)O. The largest absolute Gasteiger partial charge is 0.479 e. The fourth-order valence-electron chi connectivity index (χ4n) is 0.953. The summed E-state index contributed by atoms with van der Waals surface area (Å²) in [6.07, 6.45) is -0.270. The third-order valence-corrected chi connectivity index (χ3v) is 2.07. The number of rotatable bonds is 7. The molecule has 0 bridgehead atoms. The third kappa shape index (κ3) is 8.51. The molecule has 0 rings (SSSR count). The van der Waals surface area contributed by atoms with Gasteiger partial charge in [-0.05, 0) is 19.3 Å². The van der Waals surface area contributed by atoms with Gasteiger partial charge in [-0.25, -0.2) is 9.59 Å². The van der Waals surface area contributed by atoms with Crippen LogP contribution < -0.4 is 10.6 Å². The van der Waals surface area contributed by atoms with Crippen LogP contribution in [-0.4, -0.2) is 42.3 Å². The quantitative estimate of drug-likeness (QED) is 0.612. The molecule has 3 amide bonds. The standard InChI is InChI=1S/C11H20N2O5/c1-7(2)4-5-12-11(17)13-9(14)6-18-8(3)10(15)16/h7-8H,4-6H2,1-3H3,(H,15,16)(H2,12,13,14,17)/t8-/m0/s1. The van der Waals surface area contributed by atoms with Crippen LogP contribution in [0.15, 0.2) is 0 Å². The Balaban J connectivity index is 3.74. The zero-order valence-electron chi connectivity index (χ0n) is 10.9. The molecule has 0 fully saturated rings. The summed E-state index contributed by atoms with van der Waals surface area (Å²) in [6, 6.07) is -0.604. The molecule has 0 saturated heterocycles. The first-order valence-electron chi connectivity index (χ1n) is 5.75. The zero-order chi connectivity index (χ0) is 14.1. The van der Waals surface area contributed by atoms with Crippen molar-refractivity contribution in [1.29, 1.82) is 0 Å². The first-order valence-corrected chi connectivity index (χ1v) is 5.75. The molecule has 0 aliphatic heterocycles. The topological polar surface area (TPSA) is 105 Å². The van der Waals surface area contributed by atoms with Crippen LogP contribution in [0.1, 0.15) is 27.2 Å². The van der Waals surface area contributed by atoms with Crippen LogP contribution in [0.25, 0.3) is 0 Å². The monoisotopic (exact) mass is 260 g/mol. The summed E-state index contributed by atoms with van der Waals surface area (Å²) >= 11 is 0. The fraction of sp³-hybridized carbons (Fsp3) is 0.727. The van der Waals surface area contributed by atoms with Crippen LogP contribution in [-0.2, 0) is 14.3 Å². The predicted molar refractivity (Wildman–Crippen MR) is 64.0 cm³/mol. The molecule has 0 aromatic rings. The summed E-state index contributed by atoms with van der Waals surface area (Å²) in [6.45, 7) is 5.35. The Morgan fingerprint density at radius 1 is 1.22 bits per heavy atom. The van der Waals surface area contributed by atoms with Crippen LogP contribution >= 0.6 is 0 Å². The maximum absolute atomic E-state index is 11.2. The van der Waals surface area contributed by atoms with E-state index in [-0.39, 0.29) is 0 Å². The lowest BCUT2D eigenvalue weighted by atomic mass is 10.1. The molecular weight excluding hydrogens is 240 g/mol. The number of carbonyl (C=O) groups excluding carboxylic acids is 2. The molecule has 0 aromatic heterocycles. The van der Waals surface area contributed by atoms with E-state index in [9.17, 15) is 14.4 Å². The molecule has 7 heteroatoms. The number of imide groups is 1.